The zero-order valence-electron chi connectivity index (χ0n) is 4.89. The Morgan fingerprint density at radius 3 is 3.38 bits per heavy atom. The Labute approximate surface area is 54.2 Å². The number of nitrogens with two attached hydrogens (primary N) is 1. The quantitative estimate of drug-likeness (QED) is 0.473. The van der Waals surface area contributed by atoms with Crippen LogP contribution in [0.3, 0.4) is 0 Å². The van der Waals surface area contributed by atoms with E-state index in [0.29, 0.717) is 6.04 Å². The van der Waals surface area contributed by atoms with Crippen LogP contribution < -0.4 is 11.1 Å². The molecule has 0 spiro atoms. The first kappa shape index (κ1) is 6.39. The van der Waals surface area contributed by atoms with Crippen LogP contribution >= 0.6 is 11.8 Å². The number of hydrogen-bond acceptors (Lipinski definition) is 3. The molecule has 0 amide bonds. The Morgan fingerprint density at radius 2 is 2.50 bits per heavy atom. The van der Waals surface area contributed by atoms with Gasteiger partial charge in [0.05, 0.1) is 0 Å². The third-order valence-corrected chi connectivity index (χ3v) is 2.32. The van der Waals surface area contributed by atoms with E-state index in [1.807, 2.05) is 11.8 Å². The Bertz CT molecular complexity index is 59.4. The molecule has 0 aliphatic carbocycles. The lowest BCUT2D eigenvalue weighted by Crippen LogP contribution is -2.33. The maximum Gasteiger partial charge on any atom is 0.0257 e. The Hall–Kier alpha value is 0.270. The fourth-order valence-corrected chi connectivity index (χ4v) is 1.60. The van der Waals surface area contributed by atoms with Crippen LogP contribution in [0.4, 0.5) is 0 Å². The Morgan fingerprint density at radius 1 is 1.62 bits per heavy atom. The number of thioether (sulfide) groups is 1. The molecule has 3 N–H and O–H groups in total. The van der Waals surface area contributed by atoms with Crippen molar-refractivity contribution in [2.45, 2.75) is 6.04 Å². The van der Waals surface area contributed by atoms with Crippen LogP contribution in [0.2, 0.25) is 0 Å². The summed E-state index contributed by atoms with van der Waals surface area (Å²) in [4.78, 5) is 0. The van der Waals surface area contributed by atoms with Crippen molar-refractivity contribution in [3.05, 3.63) is 0 Å². The smallest absolute Gasteiger partial charge is 0.0257 e. The first-order valence-corrected chi connectivity index (χ1v) is 4.09. The summed E-state index contributed by atoms with van der Waals surface area (Å²) in [6.07, 6.45) is 0. The summed E-state index contributed by atoms with van der Waals surface area (Å²) in [6.45, 7) is 2.12. The minimum Gasteiger partial charge on any atom is -0.326 e. The SMILES string of the molecule is N[C@@H]1CNCCSC1. The van der Waals surface area contributed by atoms with Crippen molar-refractivity contribution in [1.82, 2.24) is 5.32 Å². The lowest BCUT2D eigenvalue weighted by Gasteiger charge is -2.03. The number of hydrogen-bond donors (Lipinski definition) is 2. The van der Waals surface area contributed by atoms with E-state index >= 15 is 0 Å². The number of rotatable bonds is 0. The predicted molar refractivity (Wildman–Crippen MR) is 38.2 cm³/mol. The van der Waals surface area contributed by atoms with Crippen LogP contribution in [0.15, 0.2) is 0 Å². The Kier molecular flexibility index (Phi) is 2.66. The van der Waals surface area contributed by atoms with Crippen molar-refractivity contribution in [3.63, 3.8) is 0 Å². The summed E-state index contributed by atoms with van der Waals surface area (Å²) < 4.78 is 0. The molecule has 1 heterocycles. The predicted octanol–water partition coefficient (Wildman–Crippen LogP) is -0.350. The zero-order chi connectivity index (χ0) is 5.82. The van der Waals surface area contributed by atoms with Crippen LogP contribution in [0, 0.1) is 0 Å². The van der Waals surface area contributed by atoms with Gasteiger partial charge in [-0.15, -0.1) is 0 Å². The van der Waals surface area contributed by atoms with E-state index in [0.717, 1.165) is 18.8 Å². The fourth-order valence-electron chi connectivity index (χ4n) is 0.725. The van der Waals surface area contributed by atoms with Gasteiger partial charge in [0.25, 0.3) is 0 Å². The maximum absolute atomic E-state index is 5.65. The van der Waals surface area contributed by atoms with Gasteiger partial charge in [-0.1, -0.05) is 0 Å². The fraction of sp³-hybridized carbons (Fsp3) is 1.00. The molecule has 1 aliphatic heterocycles. The molecule has 48 valence electrons. The average molecular weight is 132 g/mol. The van der Waals surface area contributed by atoms with E-state index in [9.17, 15) is 0 Å². The van der Waals surface area contributed by atoms with E-state index < -0.39 is 0 Å². The third kappa shape index (κ3) is 2.03. The van der Waals surface area contributed by atoms with Crippen molar-refractivity contribution in [2.24, 2.45) is 5.73 Å². The molecule has 0 aromatic heterocycles. The topological polar surface area (TPSA) is 38.0 Å². The second-order valence-corrected chi connectivity index (χ2v) is 3.19. The highest BCUT2D eigenvalue weighted by Gasteiger charge is 2.04. The van der Waals surface area contributed by atoms with Crippen molar-refractivity contribution >= 4 is 11.8 Å². The van der Waals surface area contributed by atoms with Crippen molar-refractivity contribution < 1.29 is 0 Å². The number of nitrogens with one attached hydrogen (secondary N) is 1. The molecule has 1 fully saturated rings. The van der Waals surface area contributed by atoms with Gasteiger partial charge in [-0.05, 0) is 0 Å². The summed E-state index contributed by atoms with van der Waals surface area (Å²) in [5.41, 5.74) is 5.65. The van der Waals surface area contributed by atoms with Crippen LogP contribution in [-0.2, 0) is 0 Å². The van der Waals surface area contributed by atoms with Gasteiger partial charge in [0.1, 0.15) is 0 Å². The highest BCUT2D eigenvalue weighted by molar-refractivity contribution is 7.99. The molecule has 2 nitrogen and oxygen atoms in total. The molecular formula is C5H12N2S. The minimum absolute atomic E-state index is 0.377. The summed E-state index contributed by atoms with van der Waals surface area (Å²) in [5.74, 6) is 2.33. The molecule has 0 bridgehead atoms. The van der Waals surface area contributed by atoms with Crippen molar-refractivity contribution in [2.75, 3.05) is 24.6 Å². The molecule has 1 atom stereocenters. The van der Waals surface area contributed by atoms with Gasteiger partial charge in [-0.25, -0.2) is 0 Å². The molecule has 0 aromatic rings. The molecule has 1 saturated heterocycles. The van der Waals surface area contributed by atoms with E-state index in [1.54, 1.807) is 0 Å². The molecule has 8 heavy (non-hydrogen) atoms. The normalized spacial score (nSPS) is 31.9. The highest BCUT2D eigenvalue weighted by Crippen LogP contribution is 2.02. The van der Waals surface area contributed by atoms with E-state index in [1.165, 1.54) is 5.75 Å². The molecular weight excluding hydrogens is 120 g/mol. The van der Waals surface area contributed by atoms with E-state index in [-0.39, 0.29) is 0 Å². The lowest BCUT2D eigenvalue weighted by atomic mass is 10.4. The van der Waals surface area contributed by atoms with Gasteiger partial charge in [-0.2, -0.15) is 11.8 Å². The standard InChI is InChI=1S/C5H12N2S/c6-5-3-7-1-2-8-4-5/h5,7H,1-4,6H2/t5-/m1/s1. The summed E-state index contributed by atoms with van der Waals surface area (Å²) in [7, 11) is 0. The molecule has 0 saturated carbocycles. The lowest BCUT2D eigenvalue weighted by molar-refractivity contribution is 0.647. The van der Waals surface area contributed by atoms with Gasteiger partial charge in [0.15, 0.2) is 0 Å². The van der Waals surface area contributed by atoms with Crippen molar-refractivity contribution in [1.29, 1.82) is 0 Å². The largest absolute Gasteiger partial charge is 0.326 e. The van der Waals surface area contributed by atoms with Gasteiger partial charge in [-0.3, -0.25) is 0 Å². The minimum atomic E-state index is 0.377. The monoisotopic (exact) mass is 132 g/mol. The van der Waals surface area contributed by atoms with Crippen LogP contribution in [0.25, 0.3) is 0 Å². The van der Waals surface area contributed by atoms with Gasteiger partial charge < -0.3 is 11.1 Å². The molecule has 3 heteroatoms. The van der Waals surface area contributed by atoms with Gasteiger partial charge in [0.2, 0.25) is 0 Å². The summed E-state index contributed by atoms with van der Waals surface area (Å²) >= 11 is 1.94. The molecule has 1 aliphatic rings. The van der Waals surface area contributed by atoms with Gasteiger partial charge >= 0.3 is 0 Å². The van der Waals surface area contributed by atoms with E-state index in [2.05, 4.69) is 5.32 Å². The van der Waals surface area contributed by atoms with Crippen LogP contribution in [0.5, 0.6) is 0 Å². The zero-order valence-corrected chi connectivity index (χ0v) is 5.71. The second-order valence-electron chi connectivity index (χ2n) is 2.04. The molecule has 0 aromatic carbocycles. The first-order chi connectivity index (χ1) is 3.89. The molecule has 0 unspecified atom stereocenters. The van der Waals surface area contributed by atoms with Gasteiger partial charge in [0, 0.05) is 30.6 Å². The van der Waals surface area contributed by atoms with E-state index in [4.69, 9.17) is 5.73 Å². The first-order valence-electron chi connectivity index (χ1n) is 2.93. The Balaban J connectivity index is 2.17. The van der Waals surface area contributed by atoms with Crippen LogP contribution in [-0.4, -0.2) is 30.6 Å². The maximum atomic E-state index is 5.65. The van der Waals surface area contributed by atoms with Crippen LogP contribution in [0.1, 0.15) is 0 Å². The third-order valence-electron chi connectivity index (χ3n) is 1.16. The summed E-state index contributed by atoms with van der Waals surface area (Å²) in [5, 5.41) is 3.25. The van der Waals surface area contributed by atoms with Crippen molar-refractivity contribution in [3.8, 4) is 0 Å². The highest BCUT2D eigenvalue weighted by atomic mass is 32.2. The second kappa shape index (κ2) is 3.33. The molecule has 1 rings (SSSR count). The summed E-state index contributed by atoms with van der Waals surface area (Å²) in [6, 6.07) is 0.377. The molecule has 0 radical (unpaired) electrons. The average Bonchev–Trinajstić information content (AvgIpc) is 1.94.